The Hall–Kier alpha value is -3.67. The van der Waals surface area contributed by atoms with E-state index in [4.69, 9.17) is 0 Å². The van der Waals surface area contributed by atoms with Crippen LogP contribution in [-0.2, 0) is 14.4 Å². The molecule has 0 aliphatic heterocycles. The number of ketones is 3. The predicted octanol–water partition coefficient (Wildman–Crippen LogP) is 8.90. The number of carbonyl (C=O) groups excluding carboxylic acids is 3. The SMILES string of the molecule is CC(C)=CCC[C@]1(C)[C@@H](CC=C(C)C)C[C@@]2(CC=C(C)C)C(=O)/C(=C(\O)c3ccc(O)c(O)c3)C(=O)[C@]1(CC=C(C)C)C2=O. The van der Waals surface area contributed by atoms with E-state index in [2.05, 4.69) is 12.2 Å². The Balaban J connectivity index is 2.51. The van der Waals surface area contributed by atoms with Crippen LogP contribution in [-0.4, -0.2) is 32.7 Å². The van der Waals surface area contributed by atoms with E-state index < -0.39 is 50.6 Å². The summed E-state index contributed by atoms with van der Waals surface area (Å²) in [7, 11) is 0. The first-order chi connectivity index (χ1) is 20.4. The molecular weight excluding hydrogens is 552 g/mol. The van der Waals surface area contributed by atoms with Crippen molar-refractivity contribution in [3.63, 3.8) is 0 Å². The molecule has 44 heavy (non-hydrogen) atoms. The Morgan fingerprint density at radius 1 is 0.795 bits per heavy atom. The molecule has 1 aromatic rings. The largest absolute Gasteiger partial charge is 0.506 e. The number of aromatic hydroxyl groups is 2. The Bertz CT molecular complexity index is 1480. The van der Waals surface area contributed by atoms with Gasteiger partial charge in [-0.2, -0.15) is 0 Å². The quantitative estimate of drug-likeness (QED) is 0.0616. The molecule has 6 heteroatoms. The Kier molecular flexibility index (Phi) is 10.4. The number of benzene rings is 1. The number of Topliss-reactive ketones (excluding diaryl/α,β-unsaturated/α-hetero) is 3. The maximum Gasteiger partial charge on any atom is 0.184 e. The molecule has 0 aromatic heterocycles. The minimum absolute atomic E-state index is 0.0199. The molecule has 0 saturated heterocycles. The molecule has 2 aliphatic rings. The first-order valence-electron chi connectivity index (χ1n) is 15.6. The van der Waals surface area contributed by atoms with Gasteiger partial charge in [0.25, 0.3) is 0 Å². The smallest absolute Gasteiger partial charge is 0.184 e. The minimum Gasteiger partial charge on any atom is -0.506 e. The van der Waals surface area contributed by atoms with E-state index in [1.165, 1.54) is 12.1 Å². The summed E-state index contributed by atoms with van der Waals surface area (Å²) in [6.07, 6.45) is 10.4. The minimum atomic E-state index is -1.61. The molecule has 0 amide bonds. The van der Waals surface area contributed by atoms with Crippen LogP contribution < -0.4 is 0 Å². The van der Waals surface area contributed by atoms with E-state index >= 15 is 9.59 Å². The number of hydrogen-bond donors (Lipinski definition) is 3. The van der Waals surface area contributed by atoms with Crippen molar-refractivity contribution in [3.05, 3.63) is 75.9 Å². The fraction of sp³-hybridized carbons (Fsp3) is 0.500. The lowest BCUT2D eigenvalue weighted by atomic mass is 9.37. The van der Waals surface area contributed by atoms with Crippen molar-refractivity contribution in [3.8, 4) is 11.5 Å². The Labute approximate surface area is 263 Å². The zero-order valence-electron chi connectivity index (χ0n) is 27.9. The van der Waals surface area contributed by atoms with E-state index in [9.17, 15) is 20.1 Å². The molecule has 0 unspecified atom stereocenters. The van der Waals surface area contributed by atoms with Crippen LogP contribution in [0.3, 0.4) is 0 Å². The van der Waals surface area contributed by atoms with Crippen LogP contribution in [0.5, 0.6) is 11.5 Å². The van der Waals surface area contributed by atoms with Crippen molar-refractivity contribution in [1.82, 2.24) is 0 Å². The van der Waals surface area contributed by atoms with Gasteiger partial charge in [0, 0.05) is 5.56 Å². The fourth-order valence-corrected chi connectivity index (χ4v) is 7.12. The van der Waals surface area contributed by atoms with Gasteiger partial charge >= 0.3 is 0 Å². The normalized spacial score (nSPS) is 27.4. The van der Waals surface area contributed by atoms with E-state index in [1.807, 2.05) is 74.5 Å². The van der Waals surface area contributed by atoms with Gasteiger partial charge in [-0.25, -0.2) is 0 Å². The fourth-order valence-electron chi connectivity index (χ4n) is 7.12. The number of aliphatic hydroxyl groups excluding tert-OH is 1. The van der Waals surface area contributed by atoms with Gasteiger partial charge in [0.15, 0.2) is 28.8 Å². The van der Waals surface area contributed by atoms with E-state index in [-0.39, 0.29) is 36.5 Å². The van der Waals surface area contributed by atoms with Crippen LogP contribution in [0.15, 0.2) is 70.4 Å². The monoisotopic (exact) mass is 602 g/mol. The van der Waals surface area contributed by atoms with Crippen LogP contribution in [0.25, 0.3) is 5.76 Å². The van der Waals surface area contributed by atoms with Crippen LogP contribution >= 0.6 is 0 Å². The lowest BCUT2D eigenvalue weighted by molar-refractivity contribution is -0.178. The summed E-state index contributed by atoms with van der Waals surface area (Å²) < 4.78 is 0. The second-order valence-electron chi connectivity index (χ2n) is 14.0. The number of allylic oxidation sites excluding steroid dienone is 9. The molecule has 2 saturated carbocycles. The van der Waals surface area contributed by atoms with Gasteiger partial charge in [-0.3, -0.25) is 14.4 Å². The molecule has 2 fully saturated rings. The van der Waals surface area contributed by atoms with Gasteiger partial charge in [-0.1, -0.05) is 53.5 Å². The standard InChI is InChI=1S/C38H50O6/c1-23(2)11-10-18-36(9)28(14-12-24(3)4)22-37(19-16-25(5)6)33(42)31(32(41)27-13-15-29(39)30(40)21-27)34(43)38(36,35(37)44)20-17-26(7)8/h11-13,15-17,21,28,39-41H,10,14,18-20,22H2,1-9H3/b32-31+/t28-,36+,37-,38+/m0/s1. The molecule has 3 rings (SSSR count). The number of phenolic OH excluding ortho intramolecular Hbond substituents is 2. The van der Waals surface area contributed by atoms with Crippen LogP contribution in [0, 0.1) is 22.2 Å². The molecule has 0 radical (unpaired) electrons. The molecule has 3 N–H and O–H groups in total. The topological polar surface area (TPSA) is 112 Å². The molecule has 1 aromatic carbocycles. The second-order valence-corrected chi connectivity index (χ2v) is 14.0. The lowest BCUT2D eigenvalue weighted by Crippen LogP contribution is -2.70. The highest BCUT2D eigenvalue weighted by Gasteiger charge is 2.74. The molecule has 0 heterocycles. The van der Waals surface area contributed by atoms with Crippen molar-refractivity contribution >= 4 is 23.1 Å². The molecule has 2 aliphatic carbocycles. The number of fused-ring (bicyclic) bond motifs is 2. The summed E-state index contributed by atoms with van der Waals surface area (Å²) in [6, 6.07) is 3.67. The van der Waals surface area contributed by atoms with E-state index in [0.29, 0.717) is 19.3 Å². The van der Waals surface area contributed by atoms with Gasteiger partial charge in [0.1, 0.15) is 16.7 Å². The van der Waals surface area contributed by atoms with Crippen molar-refractivity contribution < 1.29 is 29.7 Å². The number of aliphatic hydroxyl groups is 1. The van der Waals surface area contributed by atoms with Crippen molar-refractivity contribution in [1.29, 1.82) is 0 Å². The summed E-state index contributed by atoms with van der Waals surface area (Å²) in [6.45, 7) is 17.8. The first kappa shape index (κ1) is 34.8. The Morgan fingerprint density at radius 2 is 1.36 bits per heavy atom. The average molecular weight is 603 g/mol. The van der Waals surface area contributed by atoms with Crippen LogP contribution in [0.1, 0.15) is 106 Å². The Morgan fingerprint density at radius 3 is 1.91 bits per heavy atom. The summed E-state index contributed by atoms with van der Waals surface area (Å²) >= 11 is 0. The third kappa shape index (κ3) is 6.13. The number of carbonyl (C=O) groups is 3. The number of rotatable bonds is 10. The van der Waals surface area contributed by atoms with Crippen molar-refractivity contribution in [2.45, 2.75) is 101 Å². The number of phenols is 2. The summed E-state index contributed by atoms with van der Waals surface area (Å²) in [5.74, 6) is -3.32. The molecule has 0 spiro atoms. The molecular formula is C38H50O6. The zero-order valence-corrected chi connectivity index (χ0v) is 27.9. The maximum absolute atomic E-state index is 15.2. The molecule has 4 atom stereocenters. The summed E-state index contributed by atoms with van der Waals surface area (Å²) in [5, 5.41) is 31.8. The molecule has 6 nitrogen and oxygen atoms in total. The third-order valence-electron chi connectivity index (χ3n) is 9.76. The zero-order chi connectivity index (χ0) is 33.2. The maximum atomic E-state index is 15.2. The lowest BCUT2D eigenvalue weighted by Gasteiger charge is -2.61. The predicted molar refractivity (Wildman–Crippen MR) is 176 cm³/mol. The van der Waals surface area contributed by atoms with Crippen molar-refractivity contribution in [2.75, 3.05) is 0 Å². The first-order valence-corrected chi connectivity index (χ1v) is 15.6. The average Bonchev–Trinajstić information content (AvgIpc) is 2.92. The highest BCUT2D eigenvalue weighted by atomic mass is 16.3. The van der Waals surface area contributed by atoms with Crippen LogP contribution in [0.4, 0.5) is 0 Å². The molecule has 2 bridgehead atoms. The van der Waals surface area contributed by atoms with Gasteiger partial charge < -0.3 is 15.3 Å². The molecule has 238 valence electrons. The highest BCUT2D eigenvalue weighted by Crippen LogP contribution is 2.67. The summed E-state index contributed by atoms with van der Waals surface area (Å²) in [5.41, 5.74) is -0.210. The van der Waals surface area contributed by atoms with Crippen molar-refractivity contribution in [2.24, 2.45) is 22.2 Å². The van der Waals surface area contributed by atoms with Gasteiger partial charge in [0.2, 0.25) is 0 Å². The van der Waals surface area contributed by atoms with E-state index in [1.54, 1.807) is 0 Å². The van der Waals surface area contributed by atoms with Gasteiger partial charge in [0.05, 0.1) is 5.41 Å². The van der Waals surface area contributed by atoms with Crippen LogP contribution in [0.2, 0.25) is 0 Å². The summed E-state index contributed by atoms with van der Waals surface area (Å²) in [4.78, 5) is 45.0. The van der Waals surface area contributed by atoms with E-state index in [0.717, 1.165) is 28.4 Å². The number of hydrogen-bond acceptors (Lipinski definition) is 6. The van der Waals surface area contributed by atoms with Gasteiger partial charge in [-0.15, -0.1) is 0 Å². The second kappa shape index (κ2) is 13.1. The highest BCUT2D eigenvalue weighted by molar-refractivity contribution is 6.41. The third-order valence-corrected chi connectivity index (χ3v) is 9.76. The van der Waals surface area contributed by atoms with Gasteiger partial charge in [-0.05, 0) is 123 Å².